The van der Waals surface area contributed by atoms with Gasteiger partial charge in [0.2, 0.25) is 0 Å². The molecule has 86 valence electrons. The summed E-state index contributed by atoms with van der Waals surface area (Å²) in [5, 5.41) is 10.7. The molecule has 0 unspecified atom stereocenters. The van der Waals surface area contributed by atoms with Gasteiger partial charge in [-0.3, -0.25) is 0 Å². The Balaban J connectivity index is 2.03. The summed E-state index contributed by atoms with van der Waals surface area (Å²) in [6.07, 6.45) is 3.21. The number of rotatable bonds is 1. The first-order valence-electron chi connectivity index (χ1n) is 5.92. The zero-order valence-corrected chi connectivity index (χ0v) is 11.0. The standard InChI is InChI=1S/C12H19BrO2/c1-11(2)8-3-4-12(11,6-13)10-7(8)5-9(14)15-10/h7-10,14H,3-6H2,1-2H3/t7-,8-,9-,10-,12-/m0/s1. The van der Waals surface area contributed by atoms with Crippen molar-refractivity contribution in [1.82, 2.24) is 0 Å². The summed E-state index contributed by atoms with van der Waals surface area (Å²) in [5.41, 5.74) is 0.631. The number of aliphatic hydroxyl groups is 1. The molecule has 3 heteroatoms. The molecule has 0 aromatic rings. The van der Waals surface area contributed by atoms with E-state index in [1.54, 1.807) is 0 Å². The van der Waals surface area contributed by atoms with Gasteiger partial charge >= 0.3 is 0 Å². The van der Waals surface area contributed by atoms with Gasteiger partial charge in [0.1, 0.15) is 0 Å². The zero-order valence-electron chi connectivity index (χ0n) is 9.37. The van der Waals surface area contributed by atoms with Crippen LogP contribution in [0.3, 0.4) is 0 Å². The highest BCUT2D eigenvalue weighted by molar-refractivity contribution is 9.09. The van der Waals surface area contributed by atoms with E-state index in [9.17, 15) is 5.11 Å². The molecule has 15 heavy (non-hydrogen) atoms. The second-order valence-corrected chi connectivity index (χ2v) is 6.63. The molecule has 1 saturated heterocycles. The van der Waals surface area contributed by atoms with E-state index in [1.807, 2.05) is 0 Å². The zero-order chi connectivity index (χ0) is 10.8. The van der Waals surface area contributed by atoms with Crippen molar-refractivity contribution in [3.8, 4) is 0 Å². The monoisotopic (exact) mass is 274 g/mol. The Labute approximate surface area is 99.5 Å². The van der Waals surface area contributed by atoms with Gasteiger partial charge in [0.15, 0.2) is 6.29 Å². The molecular weight excluding hydrogens is 256 g/mol. The Bertz CT molecular complexity index is 291. The number of halogens is 1. The van der Waals surface area contributed by atoms with Crippen molar-refractivity contribution in [3.05, 3.63) is 0 Å². The number of hydrogen-bond donors (Lipinski definition) is 1. The smallest absolute Gasteiger partial charge is 0.155 e. The molecule has 0 spiro atoms. The summed E-state index contributed by atoms with van der Waals surface area (Å²) < 4.78 is 5.77. The van der Waals surface area contributed by atoms with Gasteiger partial charge in [-0.1, -0.05) is 29.8 Å². The number of hydrogen-bond acceptors (Lipinski definition) is 2. The molecule has 2 bridgehead atoms. The molecule has 2 saturated carbocycles. The summed E-state index contributed by atoms with van der Waals surface area (Å²) in [5.74, 6) is 1.35. The van der Waals surface area contributed by atoms with Crippen LogP contribution in [0.25, 0.3) is 0 Å². The maximum Gasteiger partial charge on any atom is 0.155 e. The third-order valence-corrected chi connectivity index (χ3v) is 6.58. The van der Waals surface area contributed by atoms with E-state index in [0.717, 1.165) is 17.7 Å². The fourth-order valence-corrected chi connectivity index (χ4v) is 5.96. The minimum atomic E-state index is -0.505. The average Bonchev–Trinajstić information content (AvgIpc) is 2.71. The molecule has 0 radical (unpaired) electrons. The lowest BCUT2D eigenvalue weighted by Gasteiger charge is -2.40. The number of fused-ring (bicyclic) bond motifs is 5. The first-order valence-corrected chi connectivity index (χ1v) is 7.04. The Morgan fingerprint density at radius 1 is 1.47 bits per heavy atom. The maximum absolute atomic E-state index is 9.64. The first-order chi connectivity index (χ1) is 7.03. The highest BCUT2D eigenvalue weighted by atomic mass is 79.9. The lowest BCUT2D eigenvalue weighted by atomic mass is 9.70. The molecule has 0 aromatic heterocycles. The topological polar surface area (TPSA) is 29.5 Å². The van der Waals surface area contributed by atoms with Crippen molar-refractivity contribution < 1.29 is 9.84 Å². The van der Waals surface area contributed by atoms with Crippen LogP contribution < -0.4 is 0 Å². The van der Waals surface area contributed by atoms with E-state index in [2.05, 4.69) is 29.8 Å². The van der Waals surface area contributed by atoms with Crippen molar-refractivity contribution >= 4 is 15.9 Å². The predicted molar refractivity (Wildman–Crippen MR) is 61.7 cm³/mol. The third-order valence-electron chi connectivity index (χ3n) is 5.58. The highest BCUT2D eigenvalue weighted by Gasteiger charge is 2.70. The highest BCUT2D eigenvalue weighted by Crippen LogP contribution is 2.71. The van der Waals surface area contributed by atoms with Gasteiger partial charge < -0.3 is 9.84 Å². The fourth-order valence-electron chi connectivity index (χ4n) is 4.64. The van der Waals surface area contributed by atoms with Crippen LogP contribution in [0.1, 0.15) is 33.1 Å². The SMILES string of the molecule is CC1(C)[C@H]2CC[C@]1(CBr)[C@H]1O[C@H](O)C[C@@H]21. The van der Waals surface area contributed by atoms with E-state index in [1.165, 1.54) is 12.8 Å². The quantitative estimate of drug-likeness (QED) is 0.745. The van der Waals surface area contributed by atoms with Crippen LogP contribution in [-0.4, -0.2) is 22.8 Å². The van der Waals surface area contributed by atoms with Crippen molar-refractivity contribution in [2.45, 2.75) is 45.5 Å². The first kappa shape index (κ1) is 10.5. The summed E-state index contributed by atoms with van der Waals surface area (Å²) in [6.45, 7) is 4.78. The molecule has 1 aliphatic heterocycles. The van der Waals surface area contributed by atoms with Gasteiger partial charge in [-0.05, 0) is 30.1 Å². The maximum atomic E-state index is 9.64. The number of ether oxygens (including phenoxy) is 1. The molecular formula is C12H19BrO2. The van der Waals surface area contributed by atoms with Gasteiger partial charge in [0.25, 0.3) is 0 Å². The lowest BCUT2D eigenvalue weighted by Crippen LogP contribution is -2.42. The van der Waals surface area contributed by atoms with E-state index >= 15 is 0 Å². The number of alkyl halides is 1. The fraction of sp³-hybridized carbons (Fsp3) is 1.00. The Hall–Kier alpha value is 0.400. The van der Waals surface area contributed by atoms with Crippen molar-refractivity contribution in [2.24, 2.45) is 22.7 Å². The lowest BCUT2D eigenvalue weighted by molar-refractivity contribution is -0.132. The molecule has 1 heterocycles. The van der Waals surface area contributed by atoms with Crippen LogP contribution in [0.15, 0.2) is 0 Å². The van der Waals surface area contributed by atoms with Gasteiger partial charge in [-0.2, -0.15) is 0 Å². The molecule has 0 amide bonds. The molecule has 0 aromatic carbocycles. The summed E-state index contributed by atoms with van der Waals surface area (Å²) in [7, 11) is 0. The molecule has 1 N–H and O–H groups in total. The second-order valence-electron chi connectivity index (χ2n) is 6.07. The third kappa shape index (κ3) is 1.03. The van der Waals surface area contributed by atoms with Crippen molar-refractivity contribution in [1.29, 1.82) is 0 Å². The molecule has 2 aliphatic carbocycles. The van der Waals surface area contributed by atoms with Gasteiger partial charge in [-0.15, -0.1) is 0 Å². The summed E-state index contributed by atoms with van der Waals surface area (Å²) in [4.78, 5) is 0. The molecule has 5 atom stereocenters. The summed E-state index contributed by atoms with van der Waals surface area (Å²) in [6, 6.07) is 0. The molecule has 3 aliphatic rings. The Morgan fingerprint density at radius 3 is 2.87 bits per heavy atom. The van der Waals surface area contributed by atoms with E-state index in [0.29, 0.717) is 17.4 Å². The second kappa shape index (κ2) is 2.99. The Kier molecular flexibility index (Phi) is 2.10. The van der Waals surface area contributed by atoms with E-state index < -0.39 is 6.29 Å². The molecule has 3 rings (SSSR count). The van der Waals surface area contributed by atoms with Crippen LogP contribution in [-0.2, 0) is 4.74 Å². The van der Waals surface area contributed by atoms with Crippen LogP contribution >= 0.6 is 15.9 Å². The minimum absolute atomic E-state index is 0.264. The molecule has 2 nitrogen and oxygen atoms in total. The van der Waals surface area contributed by atoms with Gasteiger partial charge in [0, 0.05) is 17.2 Å². The number of aliphatic hydroxyl groups excluding tert-OH is 1. The van der Waals surface area contributed by atoms with Gasteiger partial charge in [-0.25, -0.2) is 0 Å². The largest absolute Gasteiger partial charge is 0.368 e. The van der Waals surface area contributed by atoms with Crippen molar-refractivity contribution in [2.75, 3.05) is 5.33 Å². The Morgan fingerprint density at radius 2 is 2.20 bits per heavy atom. The van der Waals surface area contributed by atoms with Crippen molar-refractivity contribution in [3.63, 3.8) is 0 Å². The van der Waals surface area contributed by atoms with E-state index in [4.69, 9.17) is 4.74 Å². The van der Waals surface area contributed by atoms with E-state index in [-0.39, 0.29) is 5.41 Å². The average molecular weight is 275 g/mol. The van der Waals surface area contributed by atoms with Crippen LogP contribution in [0.5, 0.6) is 0 Å². The predicted octanol–water partition coefficient (Wildman–Crippen LogP) is 2.54. The molecule has 3 fully saturated rings. The van der Waals surface area contributed by atoms with Crippen LogP contribution in [0, 0.1) is 22.7 Å². The summed E-state index contributed by atoms with van der Waals surface area (Å²) >= 11 is 3.69. The van der Waals surface area contributed by atoms with Crippen LogP contribution in [0.4, 0.5) is 0 Å². The van der Waals surface area contributed by atoms with Gasteiger partial charge in [0.05, 0.1) is 6.10 Å². The van der Waals surface area contributed by atoms with Crippen LogP contribution in [0.2, 0.25) is 0 Å². The minimum Gasteiger partial charge on any atom is -0.368 e. The normalized spacial score (nSPS) is 56.0.